The van der Waals surface area contributed by atoms with Crippen molar-refractivity contribution in [3.63, 3.8) is 0 Å². The predicted molar refractivity (Wildman–Crippen MR) is 67.2 cm³/mol. The molecule has 0 bridgehead atoms. The molecule has 0 saturated heterocycles. The monoisotopic (exact) mass is 279 g/mol. The van der Waals surface area contributed by atoms with Gasteiger partial charge in [0.1, 0.15) is 0 Å². The molecule has 0 spiro atoms. The van der Waals surface area contributed by atoms with Gasteiger partial charge in [0.15, 0.2) is 0 Å². The van der Waals surface area contributed by atoms with Crippen molar-refractivity contribution in [1.82, 2.24) is 4.90 Å². The van der Waals surface area contributed by atoms with E-state index in [9.17, 15) is 0 Å². The maximum Gasteiger partial charge on any atom is 0.0301 e. The number of halogens is 2. The molecule has 1 saturated carbocycles. The van der Waals surface area contributed by atoms with Crippen LogP contribution in [0, 0.1) is 0 Å². The van der Waals surface area contributed by atoms with Crippen molar-refractivity contribution in [1.29, 1.82) is 0 Å². The average molecular weight is 281 g/mol. The van der Waals surface area contributed by atoms with Gasteiger partial charge in [0.05, 0.1) is 0 Å². The zero-order valence-corrected chi connectivity index (χ0v) is 11.3. The normalized spacial score (nSPS) is 29.6. The van der Waals surface area contributed by atoms with E-state index in [-0.39, 0.29) is 0 Å². The van der Waals surface area contributed by atoms with Gasteiger partial charge in [-0.15, -0.1) is 0 Å². The van der Waals surface area contributed by atoms with E-state index in [4.69, 9.17) is 11.6 Å². The highest BCUT2D eigenvalue weighted by Gasteiger charge is 2.25. The molecule has 1 nitrogen and oxygen atoms in total. The Kier molecular flexibility index (Phi) is 5.50. The molecule has 14 heavy (non-hydrogen) atoms. The number of nitrogens with zero attached hydrogens (tertiary/aromatic N) is 1. The Morgan fingerprint density at radius 2 is 2.14 bits per heavy atom. The first-order valence-electron chi connectivity index (χ1n) is 5.25. The summed E-state index contributed by atoms with van der Waals surface area (Å²) in [7, 11) is 2.19. The smallest absolute Gasteiger partial charge is 0.0301 e. The van der Waals surface area contributed by atoms with E-state index >= 15 is 0 Å². The van der Waals surface area contributed by atoms with Crippen molar-refractivity contribution < 1.29 is 0 Å². The van der Waals surface area contributed by atoms with Crippen LogP contribution in [-0.2, 0) is 0 Å². The van der Waals surface area contributed by atoms with Gasteiger partial charge in [-0.3, -0.25) is 4.90 Å². The lowest BCUT2D eigenvalue weighted by Crippen LogP contribution is -2.41. The Bertz CT molecular complexity index is 205. The lowest BCUT2D eigenvalue weighted by Gasteiger charge is -2.35. The molecule has 1 aliphatic rings. The Morgan fingerprint density at radius 1 is 1.50 bits per heavy atom. The largest absolute Gasteiger partial charge is 0.298 e. The minimum Gasteiger partial charge on any atom is -0.298 e. The second kappa shape index (κ2) is 6.14. The van der Waals surface area contributed by atoms with Crippen LogP contribution in [0.2, 0.25) is 0 Å². The number of rotatable bonds is 3. The minimum absolute atomic E-state index is 0.657. The van der Waals surface area contributed by atoms with Crippen LogP contribution < -0.4 is 0 Å². The van der Waals surface area contributed by atoms with Gasteiger partial charge in [0, 0.05) is 22.9 Å². The highest BCUT2D eigenvalue weighted by Crippen LogP contribution is 2.28. The second-order valence-corrected chi connectivity index (χ2v) is 5.63. The summed E-state index contributed by atoms with van der Waals surface area (Å²) in [5, 5.41) is 0. The van der Waals surface area contributed by atoms with Crippen molar-refractivity contribution in [2.45, 2.75) is 43.5 Å². The molecule has 0 aromatic rings. The summed E-state index contributed by atoms with van der Waals surface area (Å²) in [5.41, 5.74) is 2.92. The third-order valence-electron chi connectivity index (χ3n) is 2.90. The molecule has 0 amide bonds. The Hall–Kier alpha value is 0.470. The lowest BCUT2D eigenvalue weighted by molar-refractivity contribution is 0.215. The van der Waals surface area contributed by atoms with Gasteiger partial charge >= 0.3 is 0 Å². The van der Waals surface area contributed by atoms with Gasteiger partial charge in [0.2, 0.25) is 0 Å². The van der Waals surface area contributed by atoms with Crippen molar-refractivity contribution >= 4 is 27.5 Å². The van der Waals surface area contributed by atoms with Crippen LogP contribution in [0.15, 0.2) is 11.1 Å². The van der Waals surface area contributed by atoms with Crippen LogP contribution >= 0.6 is 27.5 Å². The minimum atomic E-state index is 0.657. The first kappa shape index (κ1) is 12.5. The Balaban J connectivity index is 2.45. The molecule has 3 heteroatoms. The van der Waals surface area contributed by atoms with Gasteiger partial charge < -0.3 is 0 Å². The number of likely N-dealkylation sites (N-methyl/N-ethyl adjacent to an activating group) is 1. The molecule has 0 heterocycles. The lowest BCUT2D eigenvalue weighted by atomic mass is 9.94. The van der Waals surface area contributed by atoms with Crippen LogP contribution in [0.4, 0.5) is 0 Å². The van der Waals surface area contributed by atoms with Crippen LogP contribution in [0.3, 0.4) is 0 Å². The Labute approximate surface area is 101 Å². The molecule has 82 valence electrons. The van der Waals surface area contributed by atoms with Gasteiger partial charge in [-0.2, -0.15) is 0 Å². The van der Waals surface area contributed by atoms with Gasteiger partial charge in [0.25, 0.3) is 0 Å². The first-order chi connectivity index (χ1) is 6.65. The third-order valence-corrected chi connectivity index (χ3v) is 4.34. The van der Waals surface area contributed by atoms with E-state index in [1.807, 2.05) is 0 Å². The molecular weight excluding hydrogens is 261 g/mol. The van der Waals surface area contributed by atoms with E-state index < -0.39 is 0 Å². The van der Waals surface area contributed by atoms with Crippen LogP contribution in [0.25, 0.3) is 0 Å². The van der Waals surface area contributed by atoms with E-state index in [0.29, 0.717) is 10.9 Å². The quantitative estimate of drug-likeness (QED) is 0.712. The zero-order chi connectivity index (χ0) is 10.6. The maximum atomic E-state index is 5.67. The number of hydrogen-bond donors (Lipinski definition) is 0. The van der Waals surface area contributed by atoms with Crippen molar-refractivity contribution in [2.75, 3.05) is 13.6 Å². The number of hydrogen-bond acceptors (Lipinski definition) is 1. The molecule has 0 radical (unpaired) electrons. The second-order valence-electron chi connectivity index (χ2n) is 4.24. The number of alkyl halides is 1. The summed E-state index contributed by atoms with van der Waals surface area (Å²) < 4.78 is 0. The fraction of sp³-hybridized carbons (Fsp3) is 0.818. The highest BCUT2D eigenvalue weighted by molar-refractivity contribution is 9.09. The van der Waals surface area contributed by atoms with Crippen LogP contribution in [0.1, 0.15) is 32.6 Å². The zero-order valence-electron chi connectivity index (χ0n) is 8.97. The topological polar surface area (TPSA) is 3.24 Å². The summed E-state index contributed by atoms with van der Waals surface area (Å²) in [6, 6.07) is 0.676. The van der Waals surface area contributed by atoms with E-state index in [1.165, 1.54) is 31.3 Å². The standard InChI is InChI=1S/C11H19BrClN/c1-9(7-13)8-14(2)11-6-4-3-5-10(11)12/h7,10-11H,3-6,8H2,1-2H3. The van der Waals surface area contributed by atoms with Crippen molar-refractivity contribution in [2.24, 2.45) is 0 Å². The molecule has 1 rings (SSSR count). The molecule has 1 aliphatic carbocycles. The highest BCUT2D eigenvalue weighted by atomic mass is 79.9. The SMILES string of the molecule is CC(=CCl)CN(C)C1CCCCC1Br. The van der Waals surface area contributed by atoms with E-state index in [2.05, 4.69) is 34.8 Å². The molecule has 2 atom stereocenters. The molecule has 0 aliphatic heterocycles. The average Bonchev–Trinajstić information content (AvgIpc) is 2.18. The summed E-state index contributed by atoms with van der Waals surface area (Å²) in [6.07, 6.45) is 5.34. The molecule has 0 N–H and O–H groups in total. The van der Waals surface area contributed by atoms with Gasteiger partial charge in [-0.25, -0.2) is 0 Å². The van der Waals surface area contributed by atoms with Crippen molar-refractivity contribution in [3.05, 3.63) is 11.1 Å². The summed E-state index contributed by atoms with van der Waals surface area (Å²) in [4.78, 5) is 3.07. The van der Waals surface area contributed by atoms with E-state index in [1.54, 1.807) is 5.54 Å². The molecular formula is C11H19BrClN. The fourth-order valence-corrected chi connectivity index (χ4v) is 3.17. The van der Waals surface area contributed by atoms with Gasteiger partial charge in [-0.05, 0) is 32.4 Å². The third kappa shape index (κ3) is 3.56. The summed E-state index contributed by atoms with van der Waals surface area (Å²) >= 11 is 9.44. The van der Waals surface area contributed by atoms with Crippen LogP contribution in [0.5, 0.6) is 0 Å². The maximum absolute atomic E-state index is 5.67. The van der Waals surface area contributed by atoms with E-state index in [0.717, 1.165) is 6.54 Å². The first-order valence-corrected chi connectivity index (χ1v) is 6.60. The fourth-order valence-electron chi connectivity index (χ4n) is 2.11. The predicted octanol–water partition coefficient (Wildman–Crippen LogP) is 3.77. The Morgan fingerprint density at radius 3 is 2.71 bits per heavy atom. The van der Waals surface area contributed by atoms with Crippen molar-refractivity contribution in [3.8, 4) is 0 Å². The summed E-state index contributed by atoms with van der Waals surface area (Å²) in [6.45, 7) is 3.06. The van der Waals surface area contributed by atoms with Crippen LogP contribution in [-0.4, -0.2) is 29.4 Å². The molecule has 0 aromatic heterocycles. The summed E-state index contributed by atoms with van der Waals surface area (Å²) in [5.74, 6) is 0. The molecule has 2 unspecified atom stereocenters. The van der Waals surface area contributed by atoms with Gasteiger partial charge in [-0.1, -0.05) is 40.4 Å². The molecule has 0 aromatic carbocycles. The molecule has 1 fully saturated rings.